The Hall–Kier alpha value is -2.18. The predicted octanol–water partition coefficient (Wildman–Crippen LogP) is 5.87. The van der Waals surface area contributed by atoms with Gasteiger partial charge in [-0.25, -0.2) is 8.78 Å². The summed E-state index contributed by atoms with van der Waals surface area (Å²) in [5.74, 6) is -2.04. The zero-order valence-electron chi connectivity index (χ0n) is 10.7. The van der Waals surface area contributed by atoms with Crippen LogP contribution < -0.4 is 0 Å². The van der Waals surface area contributed by atoms with Crippen molar-refractivity contribution in [1.29, 1.82) is 0 Å². The fraction of sp³-hybridized carbons (Fsp3) is 0. The maximum atomic E-state index is 13.6. The minimum absolute atomic E-state index is 0.0584. The summed E-state index contributed by atoms with van der Waals surface area (Å²) in [4.78, 5) is 2.39. The van der Waals surface area contributed by atoms with Crippen molar-refractivity contribution < 1.29 is 13.9 Å². The van der Waals surface area contributed by atoms with Gasteiger partial charge in [0.2, 0.25) is 5.88 Å². The van der Waals surface area contributed by atoms with Gasteiger partial charge in [-0.2, -0.15) is 5.11 Å². The molecule has 22 heavy (non-hydrogen) atoms. The molecule has 0 aliphatic heterocycles. The van der Waals surface area contributed by atoms with E-state index in [0.717, 1.165) is 6.07 Å². The number of fused-ring (bicyclic) bond motifs is 1. The first kappa shape index (κ1) is 14.7. The van der Waals surface area contributed by atoms with Gasteiger partial charge in [-0.3, -0.25) is 0 Å². The van der Waals surface area contributed by atoms with Crippen LogP contribution in [0.25, 0.3) is 10.9 Å². The molecule has 4 nitrogen and oxygen atoms in total. The summed E-state index contributed by atoms with van der Waals surface area (Å²) in [5.41, 5.74) is 0.199. The van der Waals surface area contributed by atoms with E-state index < -0.39 is 17.5 Å². The molecule has 3 aromatic rings. The van der Waals surface area contributed by atoms with Crippen LogP contribution in [0.1, 0.15) is 0 Å². The molecule has 8 heteroatoms. The molecule has 0 bridgehead atoms. The molecule has 0 radical (unpaired) electrons. The van der Waals surface area contributed by atoms with Crippen molar-refractivity contribution in [2.24, 2.45) is 10.2 Å². The van der Waals surface area contributed by atoms with Crippen molar-refractivity contribution in [3.63, 3.8) is 0 Å². The number of rotatable bonds is 2. The molecular formula is C14H7Cl2F2N3O. The molecule has 0 saturated carbocycles. The number of azo groups is 1. The fourth-order valence-corrected chi connectivity index (χ4v) is 2.51. The Morgan fingerprint density at radius 1 is 0.955 bits per heavy atom. The van der Waals surface area contributed by atoms with E-state index in [0.29, 0.717) is 21.8 Å². The molecule has 3 rings (SSSR count). The van der Waals surface area contributed by atoms with Crippen molar-refractivity contribution in [1.82, 2.24) is 4.98 Å². The topological polar surface area (TPSA) is 60.7 Å². The SMILES string of the molecule is Oc1[nH]c2c(F)cc(F)cc2c1N=Nc1cc(Cl)cc(Cl)c1. The van der Waals surface area contributed by atoms with Gasteiger partial charge in [-0.1, -0.05) is 23.2 Å². The number of H-pyrrole nitrogens is 1. The van der Waals surface area contributed by atoms with Crippen molar-refractivity contribution in [3.05, 3.63) is 52.0 Å². The van der Waals surface area contributed by atoms with Crippen molar-refractivity contribution in [3.8, 4) is 5.88 Å². The summed E-state index contributed by atoms with van der Waals surface area (Å²) in [6.07, 6.45) is 0. The molecule has 0 aliphatic rings. The minimum atomic E-state index is -0.836. The Labute approximate surface area is 133 Å². The number of nitrogens with one attached hydrogen (secondary N) is 1. The standard InChI is InChI=1S/C14H7Cl2F2N3O/c15-6-1-7(16)3-9(2-6)20-21-13-10-4-8(17)5-11(18)12(10)19-14(13)22/h1-5,19,22H. The molecule has 0 fully saturated rings. The molecule has 0 saturated heterocycles. The van der Waals surface area contributed by atoms with Gasteiger partial charge in [0.15, 0.2) is 5.69 Å². The molecule has 0 atom stereocenters. The number of aromatic hydroxyl groups is 1. The third kappa shape index (κ3) is 2.75. The molecule has 0 aliphatic carbocycles. The van der Waals surface area contributed by atoms with E-state index in [9.17, 15) is 13.9 Å². The van der Waals surface area contributed by atoms with Crippen molar-refractivity contribution in [2.45, 2.75) is 0 Å². The number of halogens is 4. The summed E-state index contributed by atoms with van der Waals surface area (Å²) < 4.78 is 26.9. The second-order valence-corrected chi connectivity index (χ2v) is 5.33. The van der Waals surface area contributed by atoms with E-state index in [1.54, 1.807) is 0 Å². The van der Waals surface area contributed by atoms with Crippen molar-refractivity contribution >= 4 is 45.5 Å². The summed E-state index contributed by atoms with van der Waals surface area (Å²) in [6.45, 7) is 0. The molecule has 0 amide bonds. The van der Waals surface area contributed by atoms with Gasteiger partial charge < -0.3 is 10.1 Å². The zero-order valence-corrected chi connectivity index (χ0v) is 12.3. The maximum Gasteiger partial charge on any atom is 0.218 e. The molecule has 0 unspecified atom stereocenters. The first-order chi connectivity index (χ1) is 10.4. The first-order valence-electron chi connectivity index (χ1n) is 6.01. The third-order valence-electron chi connectivity index (χ3n) is 2.89. The Balaban J connectivity index is 2.10. The highest BCUT2D eigenvalue weighted by Gasteiger charge is 2.15. The molecule has 2 N–H and O–H groups in total. The van der Waals surface area contributed by atoms with Gasteiger partial charge in [0.25, 0.3) is 0 Å². The summed E-state index contributed by atoms with van der Waals surface area (Å²) in [5, 5.41) is 18.3. The highest BCUT2D eigenvalue weighted by Crippen LogP contribution is 2.38. The van der Waals surface area contributed by atoms with Gasteiger partial charge in [0, 0.05) is 21.5 Å². The van der Waals surface area contributed by atoms with E-state index >= 15 is 0 Å². The largest absolute Gasteiger partial charge is 0.493 e. The van der Waals surface area contributed by atoms with E-state index in [1.807, 2.05) is 0 Å². The molecule has 112 valence electrons. The van der Waals surface area contributed by atoms with E-state index in [4.69, 9.17) is 23.2 Å². The molecular weight excluding hydrogens is 335 g/mol. The average molecular weight is 342 g/mol. The monoisotopic (exact) mass is 341 g/mol. The Morgan fingerprint density at radius 2 is 1.64 bits per heavy atom. The van der Waals surface area contributed by atoms with Crippen LogP contribution in [0.2, 0.25) is 10.0 Å². The van der Waals surface area contributed by atoms with Gasteiger partial charge in [0.05, 0.1) is 11.2 Å². The summed E-state index contributed by atoms with van der Waals surface area (Å²) in [6, 6.07) is 6.29. The first-order valence-corrected chi connectivity index (χ1v) is 6.77. The second kappa shape index (κ2) is 5.55. The summed E-state index contributed by atoms with van der Waals surface area (Å²) >= 11 is 11.7. The lowest BCUT2D eigenvalue weighted by Crippen LogP contribution is -1.80. The fourth-order valence-electron chi connectivity index (χ4n) is 2.00. The lowest BCUT2D eigenvalue weighted by Gasteiger charge is -1.97. The Morgan fingerprint density at radius 3 is 2.32 bits per heavy atom. The highest BCUT2D eigenvalue weighted by atomic mass is 35.5. The zero-order chi connectivity index (χ0) is 15.9. The van der Waals surface area contributed by atoms with Crippen LogP contribution in [0.3, 0.4) is 0 Å². The smallest absolute Gasteiger partial charge is 0.218 e. The van der Waals surface area contributed by atoms with E-state index in [2.05, 4.69) is 15.2 Å². The third-order valence-corrected chi connectivity index (χ3v) is 3.33. The van der Waals surface area contributed by atoms with Crippen LogP contribution in [0.15, 0.2) is 40.6 Å². The second-order valence-electron chi connectivity index (χ2n) is 4.46. The highest BCUT2D eigenvalue weighted by molar-refractivity contribution is 6.35. The Kier molecular flexibility index (Phi) is 3.72. The molecule has 1 aromatic heterocycles. The van der Waals surface area contributed by atoms with Crippen LogP contribution >= 0.6 is 23.2 Å². The average Bonchev–Trinajstić information content (AvgIpc) is 2.72. The minimum Gasteiger partial charge on any atom is -0.493 e. The number of aromatic amines is 1. The molecule has 1 heterocycles. The van der Waals surface area contributed by atoms with E-state index in [-0.39, 0.29) is 16.6 Å². The summed E-state index contributed by atoms with van der Waals surface area (Å²) in [7, 11) is 0. The number of aromatic nitrogens is 1. The predicted molar refractivity (Wildman–Crippen MR) is 80.5 cm³/mol. The van der Waals surface area contributed by atoms with Crippen LogP contribution in [0.5, 0.6) is 5.88 Å². The lowest BCUT2D eigenvalue weighted by molar-refractivity contribution is 0.459. The van der Waals surface area contributed by atoms with Crippen LogP contribution in [0.4, 0.5) is 20.2 Å². The number of nitrogens with zero attached hydrogens (tertiary/aromatic N) is 2. The van der Waals surface area contributed by atoms with E-state index in [1.165, 1.54) is 18.2 Å². The normalized spacial score (nSPS) is 11.6. The maximum absolute atomic E-state index is 13.6. The molecule has 2 aromatic carbocycles. The molecule has 0 spiro atoms. The van der Waals surface area contributed by atoms with Crippen LogP contribution in [0, 0.1) is 11.6 Å². The quantitative estimate of drug-likeness (QED) is 0.562. The van der Waals surface area contributed by atoms with Crippen LogP contribution in [-0.2, 0) is 0 Å². The van der Waals surface area contributed by atoms with Gasteiger partial charge >= 0.3 is 0 Å². The van der Waals surface area contributed by atoms with Gasteiger partial charge in [-0.05, 0) is 24.3 Å². The number of benzene rings is 2. The van der Waals surface area contributed by atoms with Crippen molar-refractivity contribution in [2.75, 3.05) is 0 Å². The van der Waals surface area contributed by atoms with Gasteiger partial charge in [-0.15, -0.1) is 5.11 Å². The number of hydrogen-bond acceptors (Lipinski definition) is 3. The Bertz CT molecular complexity index is 888. The lowest BCUT2D eigenvalue weighted by atomic mass is 10.2. The van der Waals surface area contributed by atoms with Gasteiger partial charge in [0.1, 0.15) is 11.6 Å². The van der Waals surface area contributed by atoms with Crippen LogP contribution in [-0.4, -0.2) is 10.1 Å². The number of hydrogen-bond donors (Lipinski definition) is 2.